The summed E-state index contributed by atoms with van der Waals surface area (Å²) in [4.78, 5) is 29.8. The number of aromatic hydroxyl groups is 1. The van der Waals surface area contributed by atoms with Crippen LogP contribution in [-0.4, -0.2) is 48.5 Å². The van der Waals surface area contributed by atoms with Crippen molar-refractivity contribution in [2.45, 2.75) is 25.8 Å². The average molecular weight is 416 g/mol. The summed E-state index contributed by atoms with van der Waals surface area (Å²) in [6.07, 6.45) is 1.25. The Bertz CT molecular complexity index is 1070. The number of amides is 1. The van der Waals surface area contributed by atoms with Crippen LogP contribution in [0.15, 0.2) is 24.3 Å². The number of carbonyl (C=O) groups is 1. The number of aryl methyl sites for hydroxylation is 1. The van der Waals surface area contributed by atoms with Gasteiger partial charge in [-0.15, -0.1) is 5.10 Å². The molecule has 0 aliphatic carbocycles. The molecular weight excluding hydrogens is 396 g/mol. The number of primary amides is 1. The highest BCUT2D eigenvalue weighted by atomic mass is 32.1. The van der Waals surface area contributed by atoms with E-state index in [1.165, 1.54) is 28.0 Å². The normalized spacial score (nSPS) is 16.9. The Morgan fingerprint density at radius 3 is 2.55 bits per heavy atom. The lowest BCUT2D eigenvalue weighted by molar-refractivity contribution is -0.384. The number of piperidine rings is 1. The van der Waals surface area contributed by atoms with Gasteiger partial charge in [-0.1, -0.05) is 23.5 Å². The van der Waals surface area contributed by atoms with E-state index in [1.807, 2.05) is 0 Å². The molecule has 3 heterocycles. The van der Waals surface area contributed by atoms with Crippen LogP contribution < -0.4 is 5.73 Å². The highest BCUT2D eigenvalue weighted by Crippen LogP contribution is 2.41. The number of nitrogens with two attached hydrogens (primary N) is 1. The Morgan fingerprint density at radius 1 is 1.34 bits per heavy atom. The lowest BCUT2D eigenvalue weighted by atomic mass is 9.93. The molecule has 1 saturated heterocycles. The summed E-state index contributed by atoms with van der Waals surface area (Å²) in [6.45, 7) is 2.98. The number of nitro benzene ring substituents is 1. The van der Waals surface area contributed by atoms with Crippen LogP contribution in [0.4, 0.5) is 5.69 Å². The lowest BCUT2D eigenvalue weighted by Crippen LogP contribution is -2.40. The van der Waals surface area contributed by atoms with Crippen molar-refractivity contribution in [1.29, 1.82) is 0 Å². The largest absolute Gasteiger partial charge is 0.492 e. The molecule has 1 unspecified atom stereocenters. The first-order valence-electron chi connectivity index (χ1n) is 9.18. The van der Waals surface area contributed by atoms with Gasteiger partial charge in [-0.2, -0.15) is 4.52 Å². The molecule has 1 aliphatic rings. The van der Waals surface area contributed by atoms with Crippen LogP contribution in [0.2, 0.25) is 0 Å². The zero-order valence-electron chi connectivity index (χ0n) is 15.7. The van der Waals surface area contributed by atoms with E-state index in [0.29, 0.717) is 41.6 Å². The zero-order chi connectivity index (χ0) is 20.7. The molecule has 10 nitrogen and oxygen atoms in total. The number of likely N-dealkylation sites (tertiary alicyclic amines) is 1. The van der Waals surface area contributed by atoms with Gasteiger partial charge in [-0.25, -0.2) is 4.98 Å². The molecule has 1 aliphatic heterocycles. The number of rotatable bonds is 5. The number of non-ortho nitro benzene ring substituents is 1. The van der Waals surface area contributed by atoms with E-state index < -0.39 is 4.92 Å². The Labute approximate surface area is 169 Å². The number of thiazole rings is 1. The summed E-state index contributed by atoms with van der Waals surface area (Å²) in [5.74, 6) is 0.106. The molecule has 1 fully saturated rings. The Morgan fingerprint density at radius 2 is 2.00 bits per heavy atom. The summed E-state index contributed by atoms with van der Waals surface area (Å²) in [5, 5.41) is 26.1. The molecule has 1 atom stereocenters. The van der Waals surface area contributed by atoms with Crippen LogP contribution in [0.1, 0.15) is 35.1 Å². The first-order valence-corrected chi connectivity index (χ1v) is 9.99. The molecule has 2 aromatic heterocycles. The maximum Gasteiger partial charge on any atom is 0.269 e. The van der Waals surface area contributed by atoms with Gasteiger partial charge in [-0.05, 0) is 38.4 Å². The van der Waals surface area contributed by atoms with Gasteiger partial charge in [0, 0.05) is 18.1 Å². The van der Waals surface area contributed by atoms with E-state index in [9.17, 15) is 20.0 Å². The first-order chi connectivity index (χ1) is 13.8. The minimum absolute atomic E-state index is 0.00225. The summed E-state index contributed by atoms with van der Waals surface area (Å²) in [5.41, 5.74) is 6.26. The third-order valence-electron chi connectivity index (χ3n) is 5.27. The molecule has 1 amide bonds. The van der Waals surface area contributed by atoms with Crippen molar-refractivity contribution in [2.75, 3.05) is 13.1 Å². The number of carbonyl (C=O) groups excluding carboxylic acids is 1. The van der Waals surface area contributed by atoms with E-state index in [-0.39, 0.29) is 29.4 Å². The second-order valence-electron chi connectivity index (χ2n) is 7.11. The molecule has 0 bridgehead atoms. The summed E-state index contributed by atoms with van der Waals surface area (Å²) >= 11 is 1.33. The highest BCUT2D eigenvalue weighted by Gasteiger charge is 2.33. The Hall–Kier alpha value is -3.05. The van der Waals surface area contributed by atoms with Crippen LogP contribution in [-0.2, 0) is 4.79 Å². The van der Waals surface area contributed by atoms with E-state index >= 15 is 0 Å². The van der Waals surface area contributed by atoms with Gasteiger partial charge >= 0.3 is 0 Å². The fourth-order valence-corrected chi connectivity index (χ4v) is 4.94. The van der Waals surface area contributed by atoms with Crippen LogP contribution in [0.5, 0.6) is 5.88 Å². The number of benzene rings is 1. The van der Waals surface area contributed by atoms with Crippen molar-refractivity contribution in [1.82, 2.24) is 19.5 Å². The molecule has 0 spiro atoms. The molecule has 11 heteroatoms. The zero-order valence-corrected chi connectivity index (χ0v) is 16.5. The molecule has 0 radical (unpaired) electrons. The third kappa shape index (κ3) is 3.54. The second-order valence-corrected chi connectivity index (χ2v) is 8.12. The molecule has 4 rings (SSSR count). The lowest BCUT2D eigenvalue weighted by Gasteiger charge is -2.36. The van der Waals surface area contributed by atoms with E-state index in [2.05, 4.69) is 15.0 Å². The van der Waals surface area contributed by atoms with Crippen molar-refractivity contribution < 1.29 is 14.8 Å². The Balaban J connectivity index is 1.74. The number of hydrogen-bond donors (Lipinski definition) is 2. The number of hydrogen-bond acceptors (Lipinski definition) is 8. The summed E-state index contributed by atoms with van der Waals surface area (Å²) in [7, 11) is 0. The highest BCUT2D eigenvalue weighted by molar-refractivity contribution is 7.17. The van der Waals surface area contributed by atoms with Gasteiger partial charge in [0.05, 0.1) is 15.8 Å². The van der Waals surface area contributed by atoms with Crippen LogP contribution in [0.25, 0.3) is 4.96 Å². The minimum Gasteiger partial charge on any atom is -0.492 e. The van der Waals surface area contributed by atoms with Crippen molar-refractivity contribution in [3.63, 3.8) is 0 Å². The van der Waals surface area contributed by atoms with Crippen molar-refractivity contribution in [2.24, 2.45) is 11.7 Å². The van der Waals surface area contributed by atoms with Crippen LogP contribution in [0, 0.1) is 23.0 Å². The molecule has 1 aromatic carbocycles. The fourth-order valence-electron chi connectivity index (χ4n) is 3.77. The number of fused-ring (bicyclic) bond motifs is 1. The first kappa shape index (κ1) is 19.3. The van der Waals surface area contributed by atoms with E-state index in [0.717, 1.165) is 5.56 Å². The van der Waals surface area contributed by atoms with Gasteiger partial charge in [0.15, 0.2) is 0 Å². The topological polar surface area (TPSA) is 140 Å². The standard InChI is InChI=1S/C18H20N6O4S/c1-10-20-18-23(21-10)17(26)15(29-18)14(11-2-4-13(5-3-11)24(27)28)22-8-6-12(7-9-22)16(19)25/h2-5,12,14,26H,6-9H2,1H3,(H2,19,25). The van der Waals surface area contributed by atoms with Gasteiger partial charge in [-0.3, -0.25) is 19.8 Å². The van der Waals surface area contributed by atoms with Gasteiger partial charge in [0.2, 0.25) is 16.7 Å². The van der Waals surface area contributed by atoms with Crippen molar-refractivity contribution in [3.05, 3.63) is 50.6 Å². The van der Waals surface area contributed by atoms with Gasteiger partial charge in [0.25, 0.3) is 5.69 Å². The minimum atomic E-state index is -0.444. The predicted octanol–water partition coefficient (Wildman–Crippen LogP) is 2.00. The van der Waals surface area contributed by atoms with Crippen molar-refractivity contribution in [3.8, 4) is 5.88 Å². The molecular formula is C18H20N6O4S. The van der Waals surface area contributed by atoms with Crippen molar-refractivity contribution >= 4 is 27.9 Å². The quantitative estimate of drug-likeness (QED) is 0.479. The third-order valence-corrected chi connectivity index (χ3v) is 6.34. The van der Waals surface area contributed by atoms with E-state index in [4.69, 9.17) is 5.73 Å². The smallest absolute Gasteiger partial charge is 0.269 e. The van der Waals surface area contributed by atoms with Gasteiger partial charge in [0.1, 0.15) is 5.82 Å². The molecule has 3 N–H and O–H groups in total. The molecule has 152 valence electrons. The van der Waals surface area contributed by atoms with E-state index in [1.54, 1.807) is 19.1 Å². The maximum absolute atomic E-state index is 11.5. The SMILES string of the molecule is Cc1nc2sc(C(c3ccc([N+](=O)[O-])cc3)N3CCC(C(N)=O)CC3)c(O)n2n1. The number of aromatic nitrogens is 3. The van der Waals surface area contributed by atoms with Crippen LogP contribution in [0.3, 0.4) is 0 Å². The maximum atomic E-state index is 11.5. The fraction of sp³-hybridized carbons (Fsp3) is 0.389. The molecule has 0 saturated carbocycles. The second kappa shape index (κ2) is 7.41. The number of nitro groups is 1. The van der Waals surface area contributed by atoms with Gasteiger partial charge < -0.3 is 10.8 Å². The monoisotopic (exact) mass is 416 g/mol. The molecule has 3 aromatic rings. The number of nitrogens with zero attached hydrogens (tertiary/aromatic N) is 5. The predicted molar refractivity (Wildman–Crippen MR) is 106 cm³/mol. The summed E-state index contributed by atoms with van der Waals surface area (Å²) in [6, 6.07) is 5.97. The Kier molecular flexibility index (Phi) is 4.92. The van der Waals surface area contributed by atoms with Crippen LogP contribution >= 0.6 is 11.3 Å². The summed E-state index contributed by atoms with van der Waals surface area (Å²) < 4.78 is 1.41. The molecule has 29 heavy (non-hydrogen) atoms. The average Bonchev–Trinajstić information content (AvgIpc) is 3.20.